The smallest absolute Gasteiger partial charge is 0.322 e. The highest BCUT2D eigenvalue weighted by molar-refractivity contribution is 5.86. The Bertz CT molecular complexity index is 330. The van der Waals surface area contributed by atoms with E-state index in [0.717, 1.165) is 19.4 Å². The summed E-state index contributed by atoms with van der Waals surface area (Å²) in [6.45, 7) is 2.38. The second-order valence-electron chi connectivity index (χ2n) is 3.28. The fraction of sp³-hybridized carbons (Fsp3) is 0.625. The molecule has 2 N–H and O–H groups in total. The van der Waals surface area contributed by atoms with Crippen molar-refractivity contribution in [2.24, 2.45) is 0 Å². The van der Waals surface area contributed by atoms with Crippen LogP contribution >= 0.6 is 0 Å². The van der Waals surface area contributed by atoms with Crippen molar-refractivity contribution in [2.75, 3.05) is 11.9 Å². The average Bonchev–Trinajstić information content (AvgIpc) is 2.69. The molecule has 6 heteroatoms. The first-order chi connectivity index (χ1) is 6.75. The lowest BCUT2D eigenvalue weighted by atomic mass is 10.2. The zero-order valence-electron chi connectivity index (χ0n) is 7.91. The second-order valence-corrected chi connectivity index (χ2v) is 3.28. The van der Waals surface area contributed by atoms with Gasteiger partial charge in [0.15, 0.2) is 0 Å². The zero-order chi connectivity index (χ0) is 9.97. The largest absolute Gasteiger partial charge is 0.406 e. The van der Waals surface area contributed by atoms with Gasteiger partial charge in [-0.2, -0.15) is 0 Å². The third kappa shape index (κ3) is 1.90. The lowest BCUT2D eigenvalue weighted by molar-refractivity contribution is -0.114. The Morgan fingerprint density at radius 2 is 2.50 bits per heavy atom. The molecule has 1 atom stereocenters. The Morgan fingerprint density at radius 1 is 1.64 bits per heavy atom. The Balaban J connectivity index is 2.05. The predicted molar refractivity (Wildman–Crippen MR) is 48.6 cm³/mol. The van der Waals surface area contributed by atoms with Crippen LogP contribution in [0.3, 0.4) is 0 Å². The van der Waals surface area contributed by atoms with E-state index in [0.29, 0.717) is 5.89 Å². The molecule has 0 aliphatic carbocycles. The summed E-state index contributed by atoms with van der Waals surface area (Å²) in [5.41, 5.74) is 0. The predicted octanol–water partition coefficient (Wildman–Crippen LogP) is 0.452. The van der Waals surface area contributed by atoms with Crippen molar-refractivity contribution in [1.29, 1.82) is 0 Å². The van der Waals surface area contributed by atoms with Crippen molar-refractivity contribution in [2.45, 2.75) is 25.8 Å². The van der Waals surface area contributed by atoms with Gasteiger partial charge in [-0.1, -0.05) is 5.10 Å². The first-order valence-electron chi connectivity index (χ1n) is 4.60. The lowest BCUT2D eigenvalue weighted by Gasteiger charge is -2.01. The highest BCUT2D eigenvalue weighted by Crippen LogP contribution is 2.22. The summed E-state index contributed by atoms with van der Waals surface area (Å²) in [4.78, 5) is 10.7. The standard InChI is InChI=1S/C8H12N4O2/c1-5(13)10-8-12-11-7(14-8)6-3-2-4-9-6/h6,9H,2-4H2,1H3,(H,10,12,13)/t6-/m0/s1. The molecule has 2 heterocycles. The van der Waals surface area contributed by atoms with Gasteiger partial charge in [0.1, 0.15) is 0 Å². The van der Waals surface area contributed by atoms with E-state index in [2.05, 4.69) is 20.8 Å². The number of hydrogen-bond donors (Lipinski definition) is 2. The third-order valence-electron chi connectivity index (χ3n) is 2.08. The van der Waals surface area contributed by atoms with Crippen molar-refractivity contribution in [3.8, 4) is 0 Å². The first kappa shape index (κ1) is 9.14. The number of carbonyl (C=O) groups excluding carboxylic acids is 1. The van der Waals surface area contributed by atoms with E-state index in [-0.39, 0.29) is 18.0 Å². The Morgan fingerprint density at radius 3 is 3.14 bits per heavy atom. The molecule has 0 radical (unpaired) electrons. The number of anilines is 1. The van der Waals surface area contributed by atoms with Crippen LogP contribution in [0.15, 0.2) is 4.42 Å². The molecule has 1 aliphatic rings. The quantitative estimate of drug-likeness (QED) is 0.718. The molecular weight excluding hydrogens is 184 g/mol. The van der Waals surface area contributed by atoms with Crippen molar-refractivity contribution >= 4 is 11.9 Å². The minimum Gasteiger partial charge on any atom is -0.406 e. The molecule has 0 saturated carbocycles. The van der Waals surface area contributed by atoms with Crippen LogP contribution in [0.25, 0.3) is 0 Å². The molecule has 1 aromatic heterocycles. The maximum Gasteiger partial charge on any atom is 0.322 e. The monoisotopic (exact) mass is 196 g/mol. The number of amides is 1. The van der Waals surface area contributed by atoms with Gasteiger partial charge in [-0.3, -0.25) is 10.1 Å². The highest BCUT2D eigenvalue weighted by atomic mass is 16.4. The van der Waals surface area contributed by atoms with Gasteiger partial charge in [0.05, 0.1) is 6.04 Å². The molecule has 0 aromatic carbocycles. The van der Waals surface area contributed by atoms with Gasteiger partial charge < -0.3 is 9.73 Å². The van der Waals surface area contributed by atoms with Crippen molar-refractivity contribution in [3.05, 3.63) is 5.89 Å². The van der Waals surface area contributed by atoms with Crippen LogP contribution in [-0.4, -0.2) is 22.6 Å². The molecule has 1 aliphatic heterocycles. The summed E-state index contributed by atoms with van der Waals surface area (Å²) in [5.74, 6) is 0.339. The molecular formula is C8H12N4O2. The van der Waals surface area contributed by atoms with E-state index in [1.807, 2.05) is 0 Å². The molecule has 1 aromatic rings. The van der Waals surface area contributed by atoms with Crippen LogP contribution in [0.5, 0.6) is 0 Å². The van der Waals surface area contributed by atoms with E-state index in [9.17, 15) is 4.79 Å². The van der Waals surface area contributed by atoms with Crippen LogP contribution < -0.4 is 10.6 Å². The van der Waals surface area contributed by atoms with Crippen LogP contribution in [0.1, 0.15) is 31.7 Å². The molecule has 0 spiro atoms. The van der Waals surface area contributed by atoms with Crippen molar-refractivity contribution < 1.29 is 9.21 Å². The number of rotatable bonds is 2. The Kier molecular flexibility index (Phi) is 2.45. The van der Waals surface area contributed by atoms with Gasteiger partial charge in [-0.25, -0.2) is 0 Å². The summed E-state index contributed by atoms with van der Waals surface area (Å²) in [7, 11) is 0. The molecule has 0 bridgehead atoms. The minimum absolute atomic E-state index is 0.144. The molecule has 1 fully saturated rings. The average molecular weight is 196 g/mol. The summed E-state index contributed by atoms with van der Waals surface area (Å²) in [5, 5.41) is 13.2. The van der Waals surface area contributed by atoms with Gasteiger partial charge in [0.25, 0.3) is 0 Å². The zero-order valence-corrected chi connectivity index (χ0v) is 7.91. The fourth-order valence-electron chi connectivity index (χ4n) is 1.47. The molecule has 0 unspecified atom stereocenters. The maximum atomic E-state index is 10.7. The topological polar surface area (TPSA) is 80.0 Å². The summed E-state index contributed by atoms with van der Waals surface area (Å²) in [6.07, 6.45) is 2.12. The van der Waals surface area contributed by atoms with E-state index in [1.54, 1.807) is 0 Å². The molecule has 1 saturated heterocycles. The van der Waals surface area contributed by atoms with Gasteiger partial charge in [-0.05, 0) is 19.4 Å². The van der Waals surface area contributed by atoms with Crippen molar-refractivity contribution in [1.82, 2.24) is 15.5 Å². The van der Waals surface area contributed by atoms with Crippen LogP contribution in [0.4, 0.5) is 6.01 Å². The SMILES string of the molecule is CC(=O)Nc1nnc([C@@H]2CCCN2)o1. The van der Waals surface area contributed by atoms with Gasteiger partial charge in [0.2, 0.25) is 11.8 Å². The Hall–Kier alpha value is -1.43. The number of nitrogens with one attached hydrogen (secondary N) is 2. The van der Waals surface area contributed by atoms with Gasteiger partial charge in [-0.15, -0.1) is 5.10 Å². The minimum atomic E-state index is -0.209. The fourth-order valence-corrected chi connectivity index (χ4v) is 1.47. The third-order valence-corrected chi connectivity index (χ3v) is 2.08. The number of aromatic nitrogens is 2. The van der Waals surface area contributed by atoms with Gasteiger partial charge >= 0.3 is 6.01 Å². The molecule has 76 valence electrons. The van der Waals surface area contributed by atoms with Crippen LogP contribution in [0, 0.1) is 0 Å². The summed E-state index contributed by atoms with van der Waals surface area (Å²) < 4.78 is 5.26. The summed E-state index contributed by atoms with van der Waals surface area (Å²) in [6, 6.07) is 0.311. The Labute approximate surface area is 81.1 Å². The molecule has 2 rings (SSSR count). The van der Waals surface area contributed by atoms with Crippen LogP contribution in [0.2, 0.25) is 0 Å². The number of nitrogens with zero attached hydrogens (tertiary/aromatic N) is 2. The van der Waals surface area contributed by atoms with E-state index in [4.69, 9.17) is 4.42 Å². The normalized spacial score (nSPS) is 21.1. The summed E-state index contributed by atoms with van der Waals surface area (Å²) >= 11 is 0. The highest BCUT2D eigenvalue weighted by Gasteiger charge is 2.22. The van der Waals surface area contributed by atoms with E-state index < -0.39 is 0 Å². The molecule has 14 heavy (non-hydrogen) atoms. The van der Waals surface area contributed by atoms with Crippen molar-refractivity contribution in [3.63, 3.8) is 0 Å². The van der Waals surface area contributed by atoms with Crippen LogP contribution in [-0.2, 0) is 4.79 Å². The molecule has 1 amide bonds. The second kappa shape index (κ2) is 3.75. The van der Waals surface area contributed by atoms with E-state index >= 15 is 0 Å². The van der Waals surface area contributed by atoms with Gasteiger partial charge in [0, 0.05) is 6.92 Å². The lowest BCUT2D eigenvalue weighted by Crippen LogP contribution is -2.13. The number of carbonyl (C=O) groups is 1. The maximum absolute atomic E-state index is 10.7. The van der Waals surface area contributed by atoms with E-state index in [1.165, 1.54) is 6.92 Å². The first-order valence-corrected chi connectivity index (χ1v) is 4.60. The molecule has 6 nitrogen and oxygen atoms in total. The number of hydrogen-bond acceptors (Lipinski definition) is 5.